The predicted molar refractivity (Wildman–Crippen MR) is 101 cm³/mol. The lowest BCUT2D eigenvalue weighted by molar-refractivity contribution is -0.114. The molecule has 0 saturated heterocycles. The van der Waals surface area contributed by atoms with Crippen LogP contribution in [0.5, 0.6) is 11.5 Å². The summed E-state index contributed by atoms with van der Waals surface area (Å²) in [6.07, 6.45) is 0. The summed E-state index contributed by atoms with van der Waals surface area (Å²) in [7, 11) is 0. The van der Waals surface area contributed by atoms with Gasteiger partial charge in [0.25, 0.3) is 0 Å². The molecule has 0 aliphatic heterocycles. The quantitative estimate of drug-likeness (QED) is 0.679. The summed E-state index contributed by atoms with van der Waals surface area (Å²) < 4.78 is 5.88. The molecule has 4 nitrogen and oxygen atoms in total. The molecule has 0 aliphatic rings. The smallest absolute Gasteiger partial charge is 0.243 e. The Balaban J connectivity index is 1.62. The zero-order valence-corrected chi connectivity index (χ0v) is 14.0. The molecule has 0 saturated carbocycles. The summed E-state index contributed by atoms with van der Waals surface area (Å²) in [5, 5.41) is 6.01. The van der Waals surface area contributed by atoms with Crippen molar-refractivity contribution in [2.75, 3.05) is 17.2 Å². The van der Waals surface area contributed by atoms with Crippen LogP contribution in [0.4, 0.5) is 11.4 Å². The molecule has 0 aliphatic carbocycles. The zero-order valence-electron chi connectivity index (χ0n) is 14.0. The van der Waals surface area contributed by atoms with Crippen LogP contribution in [0.15, 0.2) is 78.9 Å². The fourth-order valence-corrected chi connectivity index (χ4v) is 2.42. The minimum atomic E-state index is -0.111. The van der Waals surface area contributed by atoms with Crippen LogP contribution in [0.2, 0.25) is 0 Å². The SMILES string of the molecule is Cc1cccc(NC(=O)CNc2ccccc2Oc2ccccc2)c1. The number of hydrogen-bond acceptors (Lipinski definition) is 3. The molecule has 0 heterocycles. The third-order valence-corrected chi connectivity index (χ3v) is 3.60. The minimum absolute atomic E-state index is 0.111. The van der Waals surface area contributed by atoms with Gasteiger partial charge in [0.05, 0.1) is 12.2 Å². The van der Waals surface area contributed by atoms with Crippen LogP contribution in [0.25, 0.3) is 0 Å². The number of rotatable bonds is 6. The Morgan fingerprint density at radius 2 is 1.68 bits per heavy atom. The van der Waals surface area contributed by atoms with Crippen molar-refractivity contribution in [3.05, 3.63) is 84.4 Å². The number of para-hydroxylation sites is 3. The van der Waals surface area contributed by atoms with Crippen LogP contribution in [0.3, 0.4) is 0 Å². The maximum absolute atomic E-state index is 12.2. The molecule has 3 aromatic rings. The predicted octanol–water partition coefficient (Wildman–Crippen LogP) is 4.84. The van der Waals surface area contributed by atoms with Crippen molar-refractivity contribution in [1.82, 2.24) is 0 Å². The van der Waals surface area contributed by atoms with Crippen molar-refractivity contribution in [3.8, 4) is 11.5 Å². The molecule has 3 rings (SSSR count). The number of amides is 1. The van der Waals surface area contributed by atoms with Crippen molar-refractivity contribution >= 4 is 17.3 Å². The summed E-state index contributed by atoms with van der Waals surface area (Å²) in [5.41, 5.74) is 2.67. The molecule has 0 spiro atoms. The maximum Gasteiger partial charge on any atom is 0.243 e. The lowest BCUT2D eigenvalue weighted by atomic mass is 10.2. The number of carbonyl (C=O) groups excluding carboxylic acids is 1. The first kappa shape index (κ1) is 16.6. The average Bonchev–Trinajstić information content (AvgIpc) is 2.62. The standard InChI is InChI=1S/C21H20N2O2/c1-16-8-7-9-17(14-16)23-21(24)15-22-19-12-5-6-13-20(19)25-18-10-3-2-4-11-18/h2-14,22H,15H2,1H3,(H,23,24). The monoisotopic (exact) mass is 332 g/mol. The molecule has 25 heavy (non-hydrogen) atoms. The summed E-state index contributed by atoms with van der Waals surface area (Å²) >= 11 is 0. The van der Waals surface area contributed by atoms with E-state index in [9.17, 15) is 4.79 Å². The third kappa shape index (κ3) is 4.85. The second-order valence-corrected chi connectivity index (χ2v) is 5.68. The van der Waals surface area contributed by atoms with E-state index in [0.29, 0.717) is 5.75 Å². The second kappa shape index (κ2) is 8.02. The summed E-state index contributed by atoms with van der Waals surface area (Å²) in [6.45, 7) is 2.15. The van der Waals surface area contributed by atoms with Gasteiger partial charge in [-0.3, -0.25) is 4.79 Å². The van der Waals surface area contributed by atoms with E-state index in [1.54, 1.807) is 0 Å². The molecule has 0 fully saturated rings. The van der Waals surface area contributed by atoms with Gasteiger partial charge in [-0.2, -0.15) is 0 Å². The van der Waals surface area contributed by atoms with Crippen LogP contribution >= 0.6 is 0 Å². The van der Waals surface area contributed by atoms with E-state index < -0.39 is 0 Å². The van der Waals surface area contributed by atoms with Crippen molar-refractivity contribution < 1.29 is 9.53 Å². The molecule has 0 atom stereocenters. The molecule has 0 unspecified atom stereocenters. The van der Waals surface area contributed by atoms with Crippen molar-refractivity contribution in [2.45, 2.75) is 6.92 Å². The first-order chi connectivity index (χ1) is 12.2. The number of nitrogens with one attached hydrogen (secondary N) is 2. The van der Waals surface area contributed by atoms with E-state index in [1.807, 2.05) is 85.8 Å². The molecule has 0 bridgehead atoms. The van der Waals surface area contributed by atoms with Gasteiger partial charge in [-0.15, -0.1) is 0 Å². The van der Waals surface area contributed by atoms with Gasteiger partial charge in [0.15, 0.2) is 5.75 Å². The Kier molecular flexibility index (Phi) is 5.32. The number of benzene rings is 3. The van der Waals surface area contributed by atoms with Crippen molar-refractivity contribution in [2.24, 2.45) is 0 Å². The first-order valence-corrected chi connectivity index (χ1v) is 8.13. The molecule has 126 valence electrons. The van der Waals surface area contributed by atoms with Gasteiger partial charge in [0.2, 0.25) is 5.91 Å². The Morgan fingerprint density at radius 3 is 2.48 bits per heavy atom. The topological polar surface area (TPSA) is 50.4 Å². The van der Waals surface area contributed by atoms with E-state index in [1.165, 1.54) is 0 Å². The van der Waals surface area contributed by atoms with Crippen LogP contribution in [-0.2, 0) is 4.79 Å². The van der Waals surface area contributed by atoms with Crippen molar-refractivity contribution in [1.29, 1.82) is 0 Å². The van der Waals surface area contributed by atoms with Crippen LogP contribution < -0.4 is 15.4 Å². The lowest BCUT2D eigenvalue weighted by Crippen LogP contribution is -2.21. The van der Waals surface area contributed by atoms with Gasteiger partial charge in [-0.1, -0.05) is 42.5 Å². The third-order valence-electron chi connectivity index (χ3n) is 3.60. The molecule has 4 heteroatoms. The highest BCUT2D eigenvalue weighted by Crippen LogP contribution is 2.28. The molecular weight excluding hydrogens is 312 g/mol. The second-order valence-electron chi connectivity index (χ2n) is 5.68. The number of anilines is 2. The fraction of sp³-hybridized carbons (Fsp3) is 0.0952. The highest BCUT2D eigenvalue weighted by molar-refractivity contribution is 5.94. The number of carbonyl (C=O) groups is 1. The molecule has 1 amide bonds. The van der Waals surface area contributed by atoms with Gasteiger partial charge in [-0.05, 0) is 48.9 Å². The van der Waals surface area contributed by atoms with Gasteiger partial charge in [0, 0.05) is 5.69 Å². The van der Waals surface area contributed by atoms with Gasteiger partial charge in [-0.25, -0.2) is 0 Å². The van der Waals surface area contributed by atoms with Gasteiger partial charge in [0.1, 0.15) is 5.75 Å². The Labute approximate surface area is 147 Å². The first-order valence-electron chi connectivity index (χ1n) is 8.13. The van der Waals surface area contributed by atoms with Crippen LogP contribution in [0, 0.1) is 6.92 Å². The van der Waals surface area contributed by atoms with E-state index >= 15 is 0 Å². The summed E-state index contributed by atoms with van der Waals surface area (Å²) in [6, 6.07) is 24.8. The molecule has 2 N–H and O–H groups in total. The molecule has 0 aromatic heterocycles. The normalized spacial score (nSPS) is 10.1. The molecule has 0 radical (unpaired) electrons. The van der Waals surface area contributed by atoms with E-state index in [-0.39, 0.29) is 12.5 Å². The van der Waals surface area contributed by atoms with Crippen molar-refractivity contribution in [3.63, 3.8) is 0 Å². The minimum Gasteiger partial charge on any atom is -0.455 e. The Bertz CT molecular complexity index is 847. The lowest BCUT2D eigenvalue weighted by Gasteiger charge is -2.13. The van der Waals surface area contributed by atoms with Crippen LogP contribution in [0.1, 0.15) is 5.56 Å². The fourth-order valence-electron chi connectivity index (χ4n) is 2.42. The zero-order chi connectivity index (χ0) is 17.5. The maximum atomic E-state index is 12.2. The highest BCUT2D eigenvalue weighted by Gasteiger charge is 2.07. The van der Waals surface area contributed by atoms with E-state index in [0.717, 1.165) is 22.7 Å². The number of aryl methyl sites for hydroxylation is 1. The van der Waals surface area contributed by atoms with Crippen LogP contribution in [-0.4, -0.2) is 12.5 Å². The Hall–Kier alpha value is -3.27. The summed E-state index contributed by atoms with van der Waals surface area (Å²) in [5.74, 6) is 1.32. The Morgan fingerprint density at radius 1 is 0.920 bits per heavy atom. The number of hydrogen-bond donors (Lipinski definition) is 2. The largest absolute Gasteiger partial charge is 0.455 e. The van der Waals surface area contributed by atoms with E-state index in [4.69, 9.17) is 4.74 Å². The van der Waals surface area contributed by atoms with Gasteiger partial charge < -0.3 is 15.4 Å². The van der Waals surface area contributed by atoms with E-state index in [2.05, 4.69) is 10.6 Å². The molecular formula is C21H20N2O2. The highest BCUT2D eigenvalue weighted by atomic mass is 16.5. The number of ether oxygens (including phenoxy) is 1. The van der Waals surface area contributed by atoms with Gasteiger partial charge >= 0.3 is 0 Å². The summed E-state index contributed by atoms with van der Waals surface area (Å²) in [4.78, 5) is 12.2. The average molecular weight is 332 g/mol. The molecule has 3 aromatic carbocycles.